The molecule has 25 heavy (non-hydrogen) atoms. The zero-order valence-electron chi connectivity index (χ0n) is 14.6. The van der Waals surface area contributed by atoms with Gasteiger partial charge in [-0.1, -0.05) is 19.2 Å². The molecule has 6 heteroatoms. The molecular formula is C19H22N4O2. The fourth-order valence-electron chi connectivity index (χ4n) is 2.15. The van der Waals surface area contributed by atoms with Crippen molar-refractivity contribution >= 4 is 11.8 Å². The Morgan fingerprint density at radius 3 is 2.68 bits per heavy atom. The van der Waals surface area contributed by atoms with E-state index in [1.54, 1.807) is 36.3 Å². The number of amides is 1. The largest absolute Gasteiger partial charge is 0.434 e. The molecule has 0 radical (unpaired) electrons. The van der Waals surface area contributed by atoms with Gasteiger partial charge in [0.15, 0.2) is 0 Å². The van der Waals surface area contributed by atoms with Gasteiger partial charge in [-0.15, -0.1) is 6.58 Å². The number of pyridine rings is 1. The van der Waals surface area contributed by atoms with Crippen molar-refractivity contribution in [1.82, 2.24) is 14.8 Å². The highest BCUT2D eigenvalue weighted by atomic mass is 16.6. The summed E-state index contributed by atoms with van der Waals surface area (Å²) in [5.74, 6) is 0. The third-order valence-corrected chi connectivity index (χ3v) is 3.72. The van der Waals surface area contributed by atoms with E-state index in [0.717, 1.165) is 5.69 Å². The van der Waals surface area contributed by atoms with Crippen molar-refractivity contribution < 1.29 is 9.53 Å². The molecule has 0 atom stereocenters. The Kier molecular flexibility index (Phi) is 5.54. The molecule has 2 rings (SSSR count). The second kappa shape index (κ2) is 7.61. The molecule has 0 saturated carbocycles. The predicted octanol–water partition coefficient (Wildman–Crippen LogP) is 3.84. The lowest BCUT2D eigenvalue weighted by Gasteiger charge is -2.27. The van der Waals surface area contributed by atoms with Gasteiger partial charge in [0.25, 0.3) is 0 Å². The molecule has 2 heterocycles. The van der Waals surface area contributed by atoms with Crippen LogP contribution in [0, 0.1) is 6.92 Å². The van der Waals surface area contributed by atoms with Gasteiger partial charge in [0.1, 0.15) is 5.60 Å². The summed E-state index contributed by atoms with van der Waals surface area (Å²) in [5, 5.41) is 4.46. The summed E-state index contributed by atoms with van der Waals surface area (Å²) >= 11 is 0. The smallest absolute Gasteiger partial charge is 0.415 e. The SMILES string of the molecule is C=CCN(C(=O)OC(C)(C=C)C=C)c1cn(-c2cccnc2)nc1C. The molecule has 130 valence electrons. The number of aryl methyl sites for hydroxylation is 1. The van der Waals surface area contributed by atoms with Gasteiger partial charge in [-0.25, -0.2) is 9.48 Å². The molecule has 0 spiro atoms. The van der Waals surface area contributed by atoms with Gasteiger partial charge in [-0.2, -0.15) is 5.10 Å². The number of hydrogen-bond donors (Lipinski definition) is 0. The Balaban J connectivity index is 2.36. The summed E-state index contributed by atoms with van der Waals surface area (Å²) in [5.41, 5.74) is 1.15. The van der Waals surface area contributed by atoms with Crippen molar-refractivity contribution in [1.29, 1.82) is 0 Å². The second-order valence-corrected chi connectivity index (χ2v) is 5.61. The maximum absolute atomic E-state index is 12.7. The molecule has 0 aromatic carbocycles. The maximum atomic E-state index is 12.7. The number of ether oxygens (including phenoxy) is 1. The summed E-state index contributed by atoms with van der Waals surface area (Å²) in [4.78, 5) is 18.2. The van der Waals surface area contributed by atoms with Crippen molar-refractivity contribution in [2.24, 2.45) is 0 Å². The van der Waals surface area contributed by atoms with Crippen LogP contribution in [0.1, 0.15) is 12.6 Å². The van der Waals surface area contributed by atoms with Gasteiger partial charge in [0, 0.05) is 12.7 Å². The van der Waals surface area contributed by atoms with Gasteiger partial charge in [-0.3, -0.25) is 9.88 Å². The highest BCUT2D eigenvalue weighted by Crippen LogP contribution is 2.24. The van der Waals surface area contributed by atoms with Crippen LogP contribution in [0.3, 0.4) is 0 Å². The van der Waals surface area contributed by atoms with Crippen LogP contribution in [-0.2, 0) is 4.74 Å². The van der Waals surface area contributed by atoms with E-state index in [-0.39, 0.29) is 6.54 Å². The second-order valence-electron chi connectivity index (χ2n) is 5.61. The van der Waals surface area contributed by atoms with Gasteiger partial charge in [0.05, 0.1) is 29.5 Å². The van der Waals surface area contributed by atoms with Crippen LogP contribution in [0.2, 0.25) is 0 Å². The van der Waals surface area contributed by atoms with Crippen LogP contribution < -0.4 is 4.90 Å². The molecule has 6 nitrogen and oxygen atoms in total. The average Bonchev–Trinajstić information content (AvgIpc) is 3.01. The molecule has 1 amide bonds. The first-order valence-corrected chi connectivity index (χ1v) is 7.79. The van der Waals surface area contributed by atoms with Gasteiger partial charge in [0.2, 0.25) is 0 Å². The zero-order valence-corrected chi connectivity index (χ0v) is 14.6. The summed E-state index contributed by atoms with van der Waals surface area (Å²) in [7, 11) is 0. The highest BCUT2D eigenvalue weighted by molar-refractivity contribution is 5.89. The van der Waals surface area contributed by atoms with E-state index >= 15 is 0 Å². The first kappa shape index (κ1) is 18.2. The zero-order chi connectivity index (χ0) is 18.4. The summed E-state index contributed by atoms with van der Waals surface area (Å²) in [6, 6.07) is 3.70. The van der Waals surface area contributed by atoms with Crippen LogP contribution in [0.5, 0.6) is 0 Å². The van der Waals surface area contributed by atoms with Crippen LogP contribution in [0.25, 0.3) is 5.69 Å². The van der Waals surface area contributed by atoms with E-state index in [4.69, 9.17) is 4.74 Å². The third kappa shape index (κ3) is 4.03. The van der Waals surface area contributed by atoms with Crippen molar-refractivity contribution in [2.45, 2.75) is 19.4 Å². The summed E-state index contributed by atoms with van der Waals surface area (Å²) in [6.45, 7) is 14.9. The maximum Gasteiger partial charge on any atom is 0.415 e. The van der Waals surface area contributed by atoms with E-state index in [9.17, 15) is 4.79 Å². The monoisotopic (exact) mass is 338 g/mol. The van der Waals surface area contributed by atoms with Crippen LogP contribution in [0.15, 0.2) is 68.7 Å². The van der Waals surface area contributed by atoms with Gasteiger partial charge < -0.3 is 4.74 Å². The first-order valence-electron chi connectivity index (χ1n) is 7.79. The lowest BCUT2D eigenvalue weighted by molar-refractivity contribution is 0.0965. The van der Waals surface area contributed by atoms with Crippen molar-refractivity contribution in [2.75, 3.05) is 11.4 Å². The minimum atomic E-state index is -0.955. The van der Waals surface area contributed by atoms with E-state index in [0.29, 0.717) is 11.4 Å². The molecule has 0 saturated heterocycles. The van der Waals surface area contributed by atoms with Crippen LogP contribution >= 0.6 is 0 Å². The van der Waals surface area contributed by atoms with Crippen molar-refractivity contribution in [3.05, 3.63) is 74.4 Å². The van der Waals surface area contributed by atoms with Crippen molar-refractivity contribution in [3.63, 3.8) is 0 Å². The topological polar surface area (TPSA) is 60.2 Å². The number of carbonyl (C=O) groups is 1. The quantitative estimate of drug-likeness (QED) is 0.720. The number of rotatable bonds is 7. The van der Waals surface area contributed by atoms with E-state index in [2.05, 4.69) is 29.8 Å². The third-order valence-electron chi connectivity index (χ3n) is 3.72. The van der Waals surface area contributed by atoms with E-state index < -0.39 is 11.7 Å². The molecule has 0 aliphatic heterocycles. The highest BCUT2D eigenvalue weighted by Gasteiger charge is 2.27. The Bertz CT molecular complexity index is 772. The predicted molar refractivity (Wildman–Crippen MR) is 98.9 cm³/mol. The molecule has 0 aliphatic carbocycles. The number of nitrogens with zero attached hydrogens (tertiary/aromatic N) is 4. The molecule has 0 aliphatic rings. The Hall–Kier alpha value is -3.15. The van der Waals surface area contributed by atoms with Crippen molar-refractivity contribution in [3.8, 4) is 5.69 Å². The molecule has 0 fully saturated rings. The number of hydrogen-bond acceptors (Lipinski definition) is 4. The Morgan fingerprint density at radius 2 is 2.12 bits per heavy atom. The first-order chi connectivity index (χ1) is 11.9. The molecule has 0 N–H and O–H groups in total. The number of carbonyl (C=O) groups excluding carboxylic acids is 1. The lowest BCUT2D eigenvalue weighted by Crippen LogP contribution is -2.38. The molecular weight excluding hydrogens is 316 g/mol. The average molecular weight is 338 g/mol. The van der Waals surface area contributed by atoms with Gasteiger partial charge >= 0.3 is 6.09 Å². The lowest BCUT2D eigenvalue weighted by atomic mass is 10.1. The molecule has 0 unspecified atom stereocenters. The minimum absolute atomic E-state index is 0.281. The number of aromatic nitrogens is 3. The molecule has 2 aromatic heterocycles. The normalized spacial score (nSPS) is 10.8. The van der Waals surface area contributed by atoms with Crippen LogP contribution in [-0.4, -0.2) is 33.0 Å². The molecule has 0 bridgehead atoms. The summed E-state index contributed by atoms with van der Waals surface area (Å²) < 4.78 is 7.20. The fraction of sp³-hybridized carbons (Fsp3) is 0.211. The van der Waals surface area contributed by atoms with Gasteiger partial charge in [-0.05, 0) is 38.1 Å². The summed E-state index contributed by atoms with van der Waals surface area (Å²) in [6.07, 6.45) is 9.28. The van der Waals surface area contributed by atoms with Crippen LogP contribution in [0.4, 0.5) is 10.5 Å². The standard InChI is InChI=1S/C19H22N4O2/c1-6-12-22(18(24)25-19(5,7-2)8-3)17-14-23(21-15(17)4)16-10-9-11-20-13-16/h6-11,13-14H,1-3,12H2,4-5H3. The molecule has 2 aromatic rings. The van der Waals surface area contributed by atoms with E-state index in [1.165, 1.54) is 17.1 Å². The Morgan fingerprint density at radius 1 is 1.40 bits per heavy atom. The minimum Gasteiger partial charge on any atom is -0.434 e. The Labute approximate surface area is 147 Å². The fourth-order valence-corrected chi connectivity index (χ4v) is 2.15. The number of anilines is 1. The van der Waals surface area contributed by atoms with E-state index in [1.807, 2.05) is 19.1 Å².